The monoisotopic (exact) mass is 514 g/mol. The number of hydrogen-bond acceptors (Lipinski definition) is 7. The number of likely N-dealkylation sites (tertiary alicyclic amines) is 1. The van der Waals surface area contributed by atoms with Crippen molar-refractivity contribution in [2.45, 2.75) is 63.7 Å². The molecule has 0 atom stereocenters. The van der Waals surface area contributed by atoms with Crippen molar-refractivity contribution in [1.82, 2.24) is 19.9 Å². The van der Waals surface area contributed by atoms with E-state index >= 15 is 4.39 Å². The number of halogens is 1. The van der Waals surface area contributed by atoms with Crippen molar-refractivity contribution in [1.29, 1.82) is 0 Å². The Morgan fingerprint density at radius 3 is 2.58 bits per heavy atom. The first-order valence-corrected chi connectivity index (χ1v) is 13.8. The highest BCUT2D eigenvalue weighted by Crippen LogP contribution is 2.52. The third-order valence-electron chi connectivity index (χ3n) is 8.76. The standard InChI is InChI=1S/C30H35FN6O/c1-19-15-23(16-24-27(19)34-20(2)30(24)9-3-4-10-30)28-25(31)18-33-29(36-28)35-26-6-5-22(17-32-26)21-7-11-37(12-8-21)13-14-38/h5-6,15-18,21,38H,3-4,7-14H2,1-2H3,(H,32,33,35,36). The predicted molar refractivity (Wildman–Crippen MR) is 148 cm³/mol. The fraction of sp³-hybridized carbons (Fsp3) is 0.467. The van der Waals surface area contributed by atoms with Gasteiger partial charge in [-0.15, -0.1) is 0 Å². The van der Waals surface area contributed by atoms with E-state index in [9.17, 15) is 0 Å². The number of β-amino-alcohol motifs (C(OH)–C–C–N with tert-alkyl or cyclic N) is 1. The van der Waals surface area contributed by atoms with E-state index in [1.54, 1.807) is 0 Å². The van der Waals surface area contributed by atoms with Gasteiger partial charge in [-0.1, -0.05) is 18.9 Å². The Kier molecular flexibility index (Phi) is 6.70. The number of hydrogen-bond donors (Lipinski definition) is 2. The van der Waals surface area contributed by atoms with Gasteiger partial charge in [-0.05, 0) is 93.4 Å². The van der Waals surface area contributed by atoms with Crippen molar-refractivity contribution < 1.29 is 9.50 Å². The lowest BCUT2D eigenvalue weighted by molar-refractivity contribution is 0.164. The topological polar surface area (TPSA) is 86.5 Å². The Balaban J connectivity index is 1.22. The van der Waals surface area contributed by atoms with Gasteiger partial charge >= 0.3 is 0 Å². The van der Waals surface area contributed by atoms with Gasteiger partial charge in [0.15, 0.2) is 5.82 Å². The molecule has 1 saturated carbocycles. The summed E-state index contributed by atoms with van der Waals surface area (Å²) in [5.74, 6) is 0.976. The van der Waals surface area contributed by atoms with Crippen molar-refractivity contribution in [3.05, 3.63) is 59.2 Å². The predicted octanol–water partition coefficient (Wildman–Crippen LogP) is 5.82. The minimum absolute atomic E-state index is 0.0121. The molecule has 8 heteroatoms. The summed E-state index contributed by atoms with van der Waals surface area (Å²) in [7, 11) is 0. The smallest absolute Gasteiger partial charge is 0.229 e. The second kappa shape index (κ2) is 10.2. The Bertz CT molecular complexity index is 1360. The van der Waals surface area contributed by atoms with Crippen LogP contribution >= 0.6 is 0 Å². The molecule has 1 spiro atoms. The first kappa shape index (κ1) is 25.1. The molecule has 1 saturated heterocycles. The normalized spacial score (nSPS) is 19.1. The second-order valence-electron chi connectivity index (χ2n) is 11.0. The van der Waals surface area contributed by atoms with Gasteiger partial charge in [-0.25, -0.2) is 19.3 Å². The summed E-state index contributed by atoms with van der Waals surface area (Å²) in [4.78, 5) is 20.6. The summed E-state index contributed by atoms with van der Waals surface area (Å²) in [6.45, 7) is 7.12. The van der Waals surface area contributed by atoms with Gasteiger partial charge in [0.05, 0.1) is 18.5 Å². The quantitative estimate of drug-likeness (QED) is 0.431. The van der Waals surface area contributed by atoms with Crippen molar-refractivity contribution in [3.63, 3.8) is 0 Å². The molecule has 0 bridgehead atoms. The Labute approximate surface area is 223 Å². The molecule has 2 aliphatic heterocycles. The van der Waals surface area contributed by atoms with Crippen molar-refractivity contribution in [3.8, 4) is 11.3 Å². The van der Waals surface area contributed by atoms with Crippen molar-refractivity contribution in [2.75, 3.05) is 31.6 Å². The van der Waals surface area contributed by atoms with Gasteiger partial charge in [-0.2, -0.15) is 0 Å². The SMILES string of the molecule is CC1=Nc2c(C)cc(-c3nc(Nc4ccc(C5CCN(CCO)CC5)cn4)ncc3F)cc2C12CCCC2. The molecule has 1 aromatic carbocycles. The number of aliphatic hydroxyl groups excluding tert-OH is 1. The maximum atomic E-state index is 15.0. The lowest BCUT2D eigenvalue weighted by atomic mass is 9.75. The number of anilines is 2. The Morgan fingerprint density at radius 1 is 1.08 bits per heavy atom. The molecule has 4 heterocycles. The van der Waals surface area contributed by atoms with Crippen LogP contribution in [0.5, 0.6) is 0 Å². The van der Waals surface area contributed by atoms with E-state index in [0.29, 0.717) is 17.7 Å². The fourth-order valence-corrected chi connectivity index (χ4v) is 6.61. The average molecular weight is 515 g/mol. The van der Waals surface area contributed by atoms with Gasteiger partial charge < -0.3 is 15.3 Å². The molecule has 3 aromatic rings. The zero-order valence-corrected chi connectivity index (χ0v) is 22.2. The number of aliphatic hydroxyl groups is 1. The molecule has 0 radical (unpaired) electrons. The number of fused-ring (bicyclic) bond motifs is 2. The highest BCUT2D eigenvalue weighted by Gasteiger charge is 2.44. The number of aliphatic imine (C=N–C) groups is 1. The maximum Gasteiger partial charge on any atom is 0.229 e. The molecule has 1 aliphatic carbocycles. The van der Waals surface area contributed by atoms with Crippen LogP contribution in [-0.2, 0) is 5.41 Å². The zero-order valence-electron chi connectivity index (χ0n) is 22.2. The summed E-state index contributed by atoms with van der Waals surface area (Å²) < 4.78 is 15.0. The second-order valence-corrected chi connectivity index (χ2v) is 11.0. The van der Waals surface area contributed by atoms with E-state index in [2.05, 4.69) is 44.2 Å². The van der Waals surface area contributed by atoms with Crippen LogP contribution in [0.15, 0.2) is 41.7 Å². The fourth-order valence-electron chi connectivity index (χ4n) is 6.61. The van der Waals surface area contributed by atoms with Crippen LogP contribution in [0.1, 0.15) is 68.1 Å². The molecule has 3 aliphatic rings. The van der Waals surface area contributed by atoms with E-state index < -0.39 is 5.82 Å². The van der Waals surface area contributed by atoms with Crippen LogP contribution in [0.25, 0.3) is 11.3 Å². The number of aromatic nitrogens is 3. The summed E-state index contributed by atoms with van der Waals surface area (Å²) in [6.07, 6.45) is 9.85. The third-order valence-corrected chi connectivity index (χ3v) is 8.76. The molecule has 38 heavy (non-hydrogen) atoms. The summed E-state index contributed by atoms with van der Waals surface area (Å²) >= 11 is 0. The minimum atomic E-state index is -0.443. The number of benzene rings is 1. The first-order chi connectivity index (χ1) is 18.5. The molecule has 7 nitrogen and oxygen atoms in total. The van der Waals surface area contributed by atoms with E-state index in [1.807, 2.05) is 25.3 Å². The maximum absolute atomic E-state index is 15.0. The van der Waals surface area contributed by atoms with E-state index in [1.165, 1.54) is 35.9 Å². The Hall–Kier alpha value is -3.23. The van der Waals surface area contributed by atoms with Crippen molar-refractivity contribution >= 4 is 23.2 Å². The third kappa shape index (κ3) is 4.50. The summed E-state index contributed by atoms with van der Waals surface area (Å²) in [5, 5.41) is 12.3. The highest BCUT2D eigenvalue weighted by atomic mass is 19.1. The molecular weight excluding hydrogens is 479 g/mol. The van der Waals surface area contributed by atoms with Crippen LogP contribution in [-0.4, -0.2) is 56.9 Å². The minimum Gasteiger partial charge on any atom is -0.395 e. The average Bonchev–Trinajstić information content (AvgIpc) is 3.53. The van der Waals surface area contributed by atoms with E-state index in [-0.39, 0.29) is 17.7 Å². The Morgan fingerprint density at radius 2 is 1.87 bits per heavy atom. The number of piperidine rings is 1. The zero-order chi connectivity index (χ0) is 26.3. The largest absolute Gasteiger partial charge is 0.395 e. The van der Waals surface area contributed by atoms with Crippen LogP contribution in [0.4, 0.5) is 21.8 Å². The molecule has 0 unspecified atom stereocenters. The van der Waals surface area contributed by atoms with Crippen LogP contribution in [0.3, 0.4) is 0 Å². The lowest BCUT2D eigenvalue weighted by Gasteiger charge is -2.31. The lowest BCUT2D eigenvalue weighted by Crippen LogP contribution is -2.34. The van der Waals surface area contributed by atoms with Crippen LogP contribution in [0, 0.1) is 12.7 Å². The van der Waals surface area contributed by atoms with Gasteiger partial charge in [0.1, 0.15) is 11.5 Å². The highest BCUT2D eigenvalue weighted by molar-refractivity contribution is 6.01. The van der Waals surface area contributed by atoms with Gasteiger partial charge in [0, 0.05) is 29.4 Å². The summed E-state index contributed by atoms with van der Waals surface area (Å²) in [5.41, 5.74) is 6.75. The summed E-state index contributed by atoms with van der Waals surface area (Å²) in [6, 6.07) is 8.12. The molecule has 2 aromatic heterocycles. The van der Waals surface area contributed by atoms with E-state index in [4.69, 9.17) is 10.1 Å². The molecule has 0 amide bonds. The molecule has 6 rings (SSSR count). The molecule has 198 valence electrons. The number of aryl methyl sites for hydroxylation is 1. The van der Waals surface area contributed by atoms with Gasteiger partial charge in [0.25, 0.3) is 0 Å². The van der Waals surface area contributed by atoms with Crippen LogP contribution < -0.4 is 5.32 Å². The van der Waals surface area contributed by atoms with Crippen LogP contribution in [0.2, 0.25) is 0 Å². The molecule has 2 fully saturated rings. The van der Waals surface area contributed by atoms with E-state index in [0.717, 1.165) is 62.1 Å². The number of rotatable bonds is 6. The number of pyridine rings is 1. The number of nitrogens with one attached hydrogen (secondary N) is 1. The van der Waals surface area contributed by atoms with Crippen molar-refractivity contribution in [2.24, 2.45) is 4.99 Å². The molecule has 2 N–H and O–H groups in total. The number of nitrogens with zero attached hydrogens (tertiary/aromatic N) is 5. The van der Waals surface area contributed by atoms with Gasteiger partial charge in [0.2, 0.25) is 5.95 Å². The van der Waals surface area contributed by atoms with Gasteiger partial charge in [-0.3, -0.25) is 4.99 Å². The first-order valence-electron chi connectivity index (χ1n) is 13.8. The molecular formula is C30H35FN6O.